The molecule has 27 heavy (non-hydrogen) atoms. The zero-order valence-electron chi connectivity index (χ0n) is 16.0. The molecule has 3 rings (SSSR count). The fourth-order valence-electron chi connectivity index (χ4n) is 2.62. The summed E-state index contributed by atoms with van der Waals surface area (Å²) in [4.78, 5) is 5.09. The van der Waals surface area contributed by atoms with Crippen molar-refractivity contribution >= 4 is 42.3 Å². The second kappa shape index (κ2) is 9.48. The molecule has 0 bridgehead atoms. The molecule has 0 N–H and O–H groups in total. The van der Waals surface area contributed by atoms with E-state index in [2.05, 4.69) is 92.4 Å². The minimum absolute atomic E-state index is 0.0827. The van der Waals surface area contributed by atoms with Crippen LogP contribution >= 0.6 is 0 Å². The Morgan fingerprint density at radius 3 is 1.85 bits per heavy atom. The van der Waals surface area contributed by atoms with Crippen LogP contribution in [0.5, 0.6) is 0 Å². The van der Waals surface area contributed by atoms with Gasteiger partial charge < -0.3 is 0 Å². The second-order valence-corrected chi connectivity index (χ2v) is 14.8. The van der Waals surface area contributed by atoms with E-state index in [-0.39, 0.29) is 6.10 Å². The second-order valence-electron chi connectivity index (χ2n) is 7.22. The minimum atomic E-state index is -1.76. The van der Waals surface area contributed by atoms with E-state index >= 15 is 0 Å². The summed E-state index contributed by atoms with van der Waals surface area (Å²) < 4.78 is 9.22. The molecule has 0 amide bonds. The summed E-state index contributed by atoms with van der Waals surface area (Å²) >= 11 is -0.657. The fraction of sp³-hybridized carbons (Fsp3) is 0.174. The van der Waals surface area contributed by atoms with E-state index in [0.29, 0.717) is 0 Å². The van der Waals surface area contributed by atoms with Crippen molar-refractivity contribution in [1.29, 1.82) is 0 Å². The van der Waals surface area contributed by atoms with E-state index in [1.165, 1.54) is 12.9 Å². The Morgan fingerprint density at radius 2 is 1.30 bits per heavy atom. The van der Waals surface area contributed by atoms with E-state index < -0.39 is 29.2 Å². The average molecular weight is 487 g/mol. The molecule has 1 unspecified atom stereocenters. The molecule has 0 radical (unpaired) electrons. The average Bonchev–Trinajstić information content (AvgIpc) is 2.67. The van der Waals surface area contributed by atoms with E-state index in [0.717, 1.165) is 5.69 Å². The third kappa shape index (κ3) is 6.44. The van der Waals surface area contributed by atoms with Gasteiger partial charge in [-0.3, -0.25) is 0 Å². The van der Waals surface area contributed by atoms with Gasteiger partial charge in [-0.25, -0.2) is 0 Å². The molecule has 3 aromatic rings. The molecule has 0 heterocycles. The van der Waals surface area contributed by atoms with Gasteiger partial charge in [0, 0.05) is 0 Å². The van der Waals surface area contributed by atoms with E-state index in [4.69, 9.17) is 9.42 Å². The predicted octanol–water partition coefficient (Wildman–Crippen LogP) is 5.34. The van der Waals surface area contributed by atoms with Gasteiger partial charge >= 0.3 is 174 Å². The summed E-state index contributed by atoms with van der Waals surface area (Å²) in [6.45, 7) is 6.73. The van der Waals surface area contributed by atoms with Crippen molar-refractivity contribution in [3.8, 4) is 0 Å². The molecule has 0 aliphatic heterocycles. The number of hydrogen-bond acceptors (Lipinski definition) is 2. The van der Waals surface area contributed by atoms with Gasteiger partial charge in [0.25, 0.3) is 0 Å². The zero-order valence-corrected chi connectivity index (χ0v) is 19.3. The van der Waals surface area contributed by atoms with Gasteiger partial charge in [0.1, 0.15) is 0 Å². The first kappa shape index (κ1) is 20.0. The van der Waals surface area contributed by atoms with Crippen molar-refractivity contribution in [2.24, 2.45) is 4.99 Å². The van der Waals surface area contributed by atoms with Crippen LogP contribution in [0.4, 0.5) is 5.69 Å². The normalized spacial score (nSPS) is 13.4. The van der Waals surface area contributed by atoms with E-state index in [1.807, 2.05) is 18.2 Å². The molecular formula is C23H25NOSiTe. The van der Waals surface area contributed by atoms with Crippen molar-refractivity contribution in [3.63, 3.8) is 0 Å². The third-order valence-electron chi connectivity index (χ3n) is 3.76. The van der Waals surface area contributed by atoms with E-state index in [9.17, 15) is 0 Å². The van der Waals surface area contributed by atoms with Crippen LogP contribution < -0.4 is 3.61 Å². The van der Waals surface area contributed by atoms with Crippen LogP contribution in [0.25, 0.3) is 0 Å². The molecule has 0 fully saturated rings. The monoisotopic (exact) mass is 489 g/mol. The number of para-hydroxylation sites is 1. The molecule has 2 nitrogen and oxygen atoms in total. The fourth-order valence-corrected chi connectivity index (χ4v) is 6.62. The van der Waals surface area contributed by atoms with Crippen molar-refractivity contribution in [2.45, 2.75) is 25.7 Å². The zero-order chi connectivity index (χ0) is 19.1. The van der Waals surface area contributed by atoms with Crippen LogP contribution in [-0.2, 0) is 4.43 Å². The van der Waals surface area contributed by atoms with Crippen LogP contribution in [0.15, 0.2) is 96.0 Å². The predicted molar refractivity (Wildman–Crippen MR) is 119 cm³/mol. The summed E-state index contributed by atoms with van der Waals surface area (Å²) in [6.07, 6.45) is -0.0827. The van der Waals surface area contributed by atoms with Gasteiger partial charge in [-0.05, 0) is 0 Å². The number of nitrogens with zero attached hydrogens (tertiary/aromatic N) is 1. The van der Waals surface area contributed by atoms with Gasteiger partial charge in [0.15, 0.2) is 0 Å². The van der Waals surface area contributed by atoms with Gasteiger partial charge in [0.2, 0.25) is 0 Å². The topological polar surface area (TPSA) is 21.6 Å². The van der Waals surface area contributed by atoms with Crippen LogP contribution in [-0.4, -0.2) is 33.0 Å². The molecule has 0 saturated carbocycles. The van der Waals surface area contributed by atoms with Gasteiger partial charge in [-0.2, -0.15) is 0 Å². The summed E-state index contributed by atoms with van der Waals surface area (Å²) in [5, 5.41) is 0. The Bertz CT molecular complexity index is 861. The van der Waals surface area contributed by atoms with E-state index in [1.54, 1.807) is 0 Å². The standard InChI is InChI=1S/C23H25NOSiTe/c1-26(2,3)25-22(19-13-7-4-8-14-19)23(24-20-15-9-5-10-16-20)27-21-17-11-6-12-18-21/h4-18,22H,1-3H3. The molecule has 0 aliphatic carbocycles. The summed E-state index contributed by atoms with van der Waals surface area (Å²) in [5.74, 6) is 0. The first-order chi connectivity index (χ1) is 13.0. The number of hydrogen-bond donors (Lipinski definition) is 0. The maximum absolute atomic E-state index is 6.67. The summed E-state index contributed by atoms with van der Waals surface area (Å²) in [6, 6.07) is 31.5. The number of rotatable bonds is 7. The van der Waals surface area contributed by atoms with Gasteiger partial charge in [-0.1, -0.05) is 0 Å². The maximum atomic E-state index is 6.67. The third-order valence-corrected chi connectivity index (χ3v) is 7.62. The van der Waals surface area contributed by atoms with Crippen molar-refractivity contribution in [3.05, 3.63) is 96.6 Å². The molecule has 4 heteroatoms. The molecule has 138 valence electrons. The van der Waals surface area contributed by atoms with Crippen LogP contribution in [0.1, 0.15) is 11.7 Å². The molecule has 0 saturated heterocycles. The van der Waals surface area contributed by atoms with Crippen LogP contribution in [0, 0.1) is 0 Å². The molecular weight excluding hydrogens is 462 g/mol. The summed E-state index contributed by atoms with van der Waals surface area (Å²) in [7, 11) is -1.76. The Labute approximate surface area is 173 Å². The Balaban J connectivity index is 2.05. The Morgan fingerprint density at radius 1 is 0.778 bits per heavy atom. The molecule has 1 atom stereocenters. The first-order valence-corrected chi connectivity index (χ1v) is 14.8. The molecule has 0 aromatic heterocycles. The molecule has 0 aliphatic rings. The Kier molecular flexibility index (Phi) is 7.04. The van der Waals surface area contributed by atoms with Crippen molar-refractivity contribution in [2.75, 3.05) is 0 Å². The summed E-state index contributed by atoms with van der Waals surface area (Å²) in [5.41, 5.74) is 2.18. The molecule has 3 aromatic carbocycles. The van der Waals surface area contributed by atoms with Crippen LogP contribution in [0.2, 0.25) is 19.6 Å². The Hall–Kier alpha value is -1.70. The van der Waals surface area contributed by atoms with Crippen LogP contribution in [0.3, 0.4) is 0 Å². The quantitative estimate of drug-likeness (QED) is 0.326. The van der Waals surface area contributed by atoms with Gasteiger partial charge in [0.05, 0.1) is 0 Å². The van der Waals surface area contributed by atoms with Crippen molar-refractivity contribution in [1.82, 2.24) is 0 Å². The number of benzene rings is 3. The van der Waals surface area contributed by atoms with Gasteiger partial charge in [-0.15, -0.1) is 0 Å². The SMILES string of the molecule is C[Si](C)(C)OC(C(=Nc1ccccc1)[Te]c1ccccc1)c1ccccc1. The number of aliphatic imine (C=N–C) groups is 1. The first-order valence-electron chi connectivity index (χ1n) is 9.10. The molecule has 0 spiro atoms. The van der Waals surface area contributed by atoms with Crippen molar-refractivity contribution < 1.29 is 4.43 Å².